The monoisotopic (exact) mass is 342 g/mol. The van der Waals surface area contributed by atoms with Crippen LogP contribution in [0.1, 0.15) is 22.0 Å². The van der Waals surface area contributed by atoms with Gasteiger partial charge in [-0.3, -0.25) is 4.79 Å². The topological polar surface area (TPSA) is 46.0 Å². The lowest BCUT2D eigenvalue weighted by atomic mass is 10.0. The number of rotatable bonds is 7. The van der Waals surface area contributed by atoms with E-state index in [4.69, 9.17) is 4.74 Å². The molecule has 0 fully saturated rings. The van der Waals surface area contributed by atoms with Gasteiger partial charge in [-0.2, -0.15) is 0 Å². The molecule has 0 radical (unpaired) electrons. The lowest BCUT2D eigenvalue weighted by molar-refractivity contribution is -0.890. The standard InChI is InChI=1S/C20H27N3O2/c1-22(2)17-11-9-15(10-12-17)19(23(3)4)14-21-20(24)16-7-6-8-18(13-16)25-5/h6-13,19H,14H2,1-5H3,(H,21,24)/p+1/t19-/m1/s1. The Bertz CT molecular complexity index is 696. The number of likely N-dealkylation sites (N-methyl/N-ethyl adjacent to an activating group) is 1. The summed E-state index contributed by atoms with van der Waals surface area (Å²) in [5.41, 5.74) is 2.98. The molecule has 0 aliphatic carbocycles. The molecule has 134 valence electrons. The molecule has 0 saturated heterocycles. The van der Waals surface area contributed by atoms with E-state index in [2.05, 4.69) is 48.6 Å². The number of carbonyl (C=O) groups excluding carboxylic acids is 1. The third kappa shape index (κ3) is 4.97. The van der Waals surface area contributed by atoms with Gasteiger partial charge in [-0.05, 0) is 30.3 Å². The van der Waals surface area contributed by atoms with E-state index in [0.717, 1.165) is 5.69 Å². The molecule has 0 aromatic heterocycles. The Morgan fingerprint density at radius 2 is 1.84 bits per heavy atom. The molecule has 2 aromatic carbocycles. The van der Waals surface area contributed by atoms with Crippen molar-refractivity contribution in [3.8, 4) is 5.75 Å². The zero-order valence-electron chi connectivity index (χ0n) is 15.7. The van der Waals surface area contributed by atoms with E-state index in [0.29, 0.717) is 17.9 Å². The second kappa shape index (κ2) is 8.53. The van der Waals surface area contributed by atoms with Gasteiger partial charge in [-0.15, -0.1) is 0 Å². The lowest BCUT2D eigenvalue weighted by Gasteiger charge is -2.23. The first-order chi connectivity index (χ1) is 11.9. The molecule has 1 atom stereocenters. The smallest absolute Gasteiger partial charge is 0.251 e. The summed E-state index contributed by atoms with van der Waals surface area (Å²) >= 11 is 0. The number of amides is 1. The summed E-state index contributed by atoms with van der Waals surface area (Å²) in [4.78, 5) is 15.8. The van der Waals surface area contributed by atoms with Gasteiger partial charge in [-0.1, -0.05) is 18.2 Å². The lowest BCUT2D eigenvalue weighted by Crippen LogP contribution is -3.07. The first-order valence-electron chi connectivity index (χ1n) is 8.42. The number of hydrogen-bond donors (Lipinski definition) is 2. The minimum absolute atomic E-state index is 0.0879. The van der Waals surface area contributed by atoms with Crippen molar-refractivity contribution in [1.29, 1.82) is 0 Å². The normalized spacial score (nSPS) is 11.9. The van der Waals surface area contributed by atoms with Gasteiger partial charge >= 0.3 is 0 Å². The van der Waals surface area contributed by atoms with Gasteiger partial charge in [0.25, 0.3) is 5.91 Å². The maximum atomic E-state index is 12.4. The minimum atomic E-state index is -0.0879. The fourth-order valence-electron chi connectivity index (χ4n) is 2.72. The van der Waals surface area contributed by atoms with E-state index in [1.54, 1.807) is 19.2 Å². The summed E-state index contributed by atoms with van der Waals surface area (Å²) in [5.74, 6) is 0.594. The summed E-state index contributed by atoms with van der Waals surface area (Å²) in [6.07, 6.45) is 0. The number of methoxy groups -OCH3 is 1. The number of nitrogens with one attached hydrogen (secondary N) is 2. The molecule has 1 amide bonds. The predicted octanol–water partition coefficient (Wildman–Crippen LogP) is 1.38. The van der Waals surface area contributed by atoms with Crippen molar-refractivity contribution in [2.45, 2.75) is 6.04 Å². The molecule has 0 saturated carbocycles. The largest absolute Gasteiger partial charge is 0.497 e. The molecule has 0 aliphatic rings. The summed E-state index contributed by atoms with van der Waals surface area (Å²) in [7, 11) is 9.85. The molecule has 5 heteroatoms. The highest BCUT2D eigenvalue weighted by molar-refractivity contribution is 5.94. The van der Waals surface area contributed by atoms with Gasteiger partial charge < -0.3 is 19.9 Å². The third-order valence-electron chi connectivity index (χ3n) is 4.31. The van der Waals surface area contributed by atoms with Crippen LogP contribution in [-0.2, 0) is 0 Å². The fraction of sp³-hybridized carbons (Fsp3) is 0.350. The Hall–Kier alpha value is -2.53. The highest BCUT2D eigenvalue weighted by Gasteiger charge is 2.19. The first kappa shape index (κ1) is 18.8. The van der Waals surface area contributed by atoms with Gasteiger partial charge in [-0.25, -0.2) is 0 Å². The van der Waals surface area contributed by atoms with Crippen LogP contribution in [0.4, 0.5) is 5.69 Å². The van der Waals surface area contributed by atoms with Crippen molar-refractivity contribution < 1.29 is 14.4 Å². The second-order valence-corrected chi connectivity index (χ2v) is 6.56. The van der Waals surface area contributed by atoms with E-state index in [-0.39, 0.29) is 11.9 Å². The van der Waals surface area contributed by atoms with Gasteiger partial charge in [0.05, 0.1) is 27.7 Å². The number of ether oxygens (including phenoxy) is 1. The van der Waals surface area contributed by atoms with Crippen molar-refractivity contribution in [2.75, 3.05) is 46.7 Å². The van der Waals surface area contributed by atoms with Gasteiger partial charge in [0.15, 0.2) is 0 Å². The Morgan fingerprint density at radius 3 is 2.40 bits per heavy atom. The van der Waals surface area contributed by atoms with E-state index >= 15 is 0 Å². The highest BCUT2D eigenvalue weighted by atomic mass is 16.5. The van der Waals surface area contributed by atoms with Crippen LogP contribution in [0.15, 0.2) is 48.5 Å². The molecule has 25 heavy (non-hydrogen) atoms. The molecule has 0 aliphatic heterocycles. The predicted molar refractivity (Wildman–Crippen MR) is 102 cm³/mol. The summed E-state index contributed by atoms with van der Waals surface area (Å²) in [5, 5.41) is 3.04. The fourth-order valence-corrected chi connectivity index (χ4v) is 2.72. The molecule has 5 nitrogen and oxygen atoms in total. The SMILES string of the molecule is COc1cccc(C(=O)NC[C@H](c2ccc(N(C)C)cc2)[NH+](C)C)c1. The van der Waals surface area contributed by atoms with Crippen molar-refractivity contribution >= 4 is 11.6 Å². The van der Waals surface area contributed by atoms with E-state index in [1.165, 1.54) is 10.5 Å². The van der Waals surface area contributed by atoms with Crippen LogP contribution in [0.5, 0.6) is 5.75 Å². The molecule has 2 aromatic rings. The van der Waals surface area contributed by atoms with Crippen molar-refractivity contribution in [3.63, 3.8) is 0 Å². The molecule has 0 heterocycles. The molecule has 0 spiro atoms. The third-order valence-corrected chi connectivity index (χ3v) is 4.31. The van der Waals surface area contributed by atoms with E-state index in [1.807, 2.05) is 26.2 Å². The number of benzene rings is 2. The molecule has 2 rings (SSSR count). The maximum absolute atomic E-state index is 12.4. The molecular formula is C20H28N3O2+. The molecule has 0 bridgehead atoms. The summed E-state index contributed by atoms with van der Waals surface area (Å²) < 4.78 is 5.18. The van der Waals surface area contributed by atoms with Crippen LogP contribution in [-0.4, -0.2) is 47.8 Å². The summed E-state index contributed by atoms with van der Waals surface area (Å²) in [6.45, 7) is 0.569. The van der Waals surface area contributed by atoms with Crippen molar-refractivity contribution in [1.82, 2.24) is 5.32 Å². The number of nitrogens with zero attached hydrogens (tertiary/aromatic N) is 1. The van der Waals surface area contributed by atoms with Crippen LogP contribution in [0.2, 0.25) is 0 Å². The molecular weight excluding hydrogens is 314 g/mol. The van der Waals surface area contributed by atoms with Crippen LogP contribution in [0.25, 0.3) is 0 Å². The number of anilines is 1. The molecule has 0 unspecified atom stereocenters. The Kier molecular flexibility index (Phi) is 6.42. The quantitative estimate of drug-likeness (QED) is 0.799. The Morgan fingerprint density at radius 1 is 1.16 bits per heavy atom. The average Bonchev–Trinajstić information content (AvgIpc) is 2.61. The highest BCUT2D eigenvalue weighted by Crippen LogP contribution is 2.16. The van der Waals surface area contributed by atoms with E-state index < -0.39 is 0 Å². The van der Waals surface area contributed by atoms with Gasteiger partial charge in [0.2, 0.25) is 0 Å². The van der Waals surface area contributed by atoms with Crippen molar-refractivity contribution in [2.24, 2.45) is 0 Å². The minimum Gasteiger partial charge on any atom is -0.497 e. The van der Waals surface area contributed by atoms with E-state index in [9.17, 15) is 4.79 Å². The number of carbonyl (C=O) groups is 1. The van der Waals surface area contributed by atoms with Gasteiger partial charge in [0.1, 0.15) is 11.8 Å². The zero-order valence-corrected chi connectivity index (χ0v) is 15.7. The van der Waals surface area contributed by atoms with Crippen molar-refractivity contribution in [3.05, 3.63) is 59.7 Å². The second-order valence-electron chi connectivity index (χ2n) is 6.56. The Balaban J connectivity index is 2.07. The zero-order chi connectivity index (χ0) is 18.4. The number of quaternary nitrogens is 1. The Labute approximate surface area is 150 Å². The van der Waals surface area contributed by atoms with Gasteiger partial charge in [0, 0.05) is 30.9 Å². The average molecular weight is 342 g/mol. The van der Waals surface area contributed by atoms with Crippen LogP contribution < -0.4 is 19.9 Å². The number of hydrogen-bond acceptors (Lipinski definition) is 3. The maximum Gasteiger partial charge on any atom is 0.251 e. The van der Waals surface area contributed by atoms with Crippen LogP contribution >= 0.6 is 0 Å². The van der Waals surface area contributed by atoms with Crippen LogP contribution in [0.3, 0.4) is 0 Å². The molecule has 2 N–H and O–H groups in total. The summed E-state index contributed by atoms with van der Waals surface area (Å²) in [6, 6.07) is 15.9. The van der Waals surface area contributed by atoms with Crippen LogP contribution in [0, 0.1) is 0 Å². The first-order valence-corrected chi connectivity index (χ1v) is 8.42.